The minimum Gasteiger partial charge on any atom is -0.380 e. The Morgan fingerprint density at radius 1 is 1.03 bits per heavy atom. The van der Waals surface area contributed by atoms with Crippen LogP contribution in [0.1, 0.15) is 39.9 Å². The summed E-state index contributed by atoms with van der Waals surface area (Å²) in [6.07, 6.45) is 1.72. The van der Waals surface area contributed by atoms with Crippen LogP contribution in [0.25, 0.3) is 0 Å². The number of piperidine rings is 1. The number of carbonyl (C=O) groups excluding carboxylic acids is 2. The third-order valence-corrected chi connectivity index (χ3v) is 7.15. The van der Waals surface area contributed by atoms with Gasteiger partial charge in [0.2, 0.25) is 0 Å². The van der Waals surface area contributed by atoms with Crippen LogP contribution >= 0.6 is 0 Å². The van der Waals surface area contributed by atoms with Crippen molar-refractivity contribution < 1.29 is 18.7 Å². The van der Waals surface area contributed by atoms with Crippen molar-refractivity contribution >= 4 is 25.1 Å². The van der Waals surface area contributed by atoms with Gasteiger partial charge in [0, 0.05) is 31.3 Å². The van der Waals surface area contributed by atoms with E-state index in [1.54, 1.807) is 24.1 Å². The number of carbonyl (C=O) groups is 2. The van der Waals surface area contributed by atoms with Gasteiger partial charge >= 0.3 is 6.03 Å². The molecule has 39 heavy (non-hydrogen) atoms. The summed E-state index contributed by atoms with van der Waals surface area (Å²) in [4.78, 5) is 29.8. The van der Waals surface area contributed by atoms with E-state index >= 15 is 0 Å². The van der Waals surface area contributed by atoms with Crippen molar-refractivity contribution in [1.29, 1.82) is 0 Å². The molecular formula is C31H35BFN3O3. The minimum atomic E-state index is -0.421. The molecule has 0 unspecified atom stereocenters. The standard InChI is InChI=1S/C31H35BFN3O3/c1-39-22-25-9-7-23(8-10-25)18-34-31(38)36(20-27-11-12-28(32)17-29(27)33)19-24-13-15-35(16-14-24)21-30(37)26-5-3-2-4-6-26/h2-12,17,24H,13-16,18-22H2,1H3,(H,34,38). The van der Waals surface area contributed by atoms with Gasteiger partial charge in [-0.1, -0.05) is 72.2 Å². The summed E-state index contributed by atoms with van der Waals surface area (Å²) in [7, 11) is 7.38. The lowest BCUT2D eigenvalue weighted by molar-refractivity contribution is 0.0881. The van der Waals surface area contributed by atoms with Crippen LogP contribution in [0.15, 0.2) is 72.8 Å². The lowest BCUT2D eigenvalue weighted by Crippen LogP contribution is -2.45. The largest absolute Gasteiger partial charge is 0.380 e. The number of Topliss-reactive ketones (excluding diaryl/α,β-unsaturated/α-hetero) is 1. The molecule has 0 aliphatic carbocycles. The van der Waals surface area contributed by atoms with E-state index in [2.05, 4.69) is 10.2 Å². The topological polar surface area (TPSA) is 61.9 Å². The van der Waals surface area contributed by atoms with Gasteiger partial charge in [-0.05, 0) is 49.0 Å². The van der Waals surface area contributed by atoms with Crippen LogP contribution in [0.4, 0.5) is 9.18 Å². The lowest BCUT2D eigenvalue weighted by atomic mass is 9.94. The van der Waals surface area contributed by atoms with Gasteiger partial charge in [-0.25, -0.2) is 9.18 Å². The summed E-state index contributed by atoms with van der Waals surface area (Å²) < 4.78 is 19.8. The van der Waals surface area contributed by atoms with Crippen molar-refractivity contribution in [3.8, 4) is 0 Å². The van der Waals surface area contributed by atoms with E-state index in [-0.39, 0.29) is 24.3 Å². The first-order valence-electron chi connectivity index (χ1n) is 13.4. The highest BCUT2D eigenvalue weighted by atomic mass is 19.1. The summed E-state index contributed by atoms with van der Waals surface area (Å²) in [5.74, 6) is -0.0519. The number of rotatable bonds is 11. The third-order valence-electron chi connectivity index (χ3n) is 7.15. The van der Waals surface area contributed by atoms with Crippen LogP contribution in [-0.2, 0) is 24.4 Å². The van der Waals surface area contributed by atoms with E-state index in [1.807, 2.05) is 54.6 Å². The first-order valence-corrected chi connectivity index (χ1v) is 13.4. The molecule has 1 aliphatic heterocycles. The summed E-state index contributed by atoms with van der Waals surface area (Å²) in [5, 5.41) is 3.00. The Hall–Kier alpha value is -3.49. The molecule has 4 rings (SSSR count). The van der Waals surface area contributed by atoms with Gasteiger partial charge in [0.1, 0.15) is 13.7 Å². The van der Waals surface area contributed by atoms with Crippen molar-refractivity contribution in [3.05, 3.63) is 101 Å². The molecule has 0 bridgehead atoms. The fraction of sp³-hybridized carbons (Fsp3) is 0.355. The molecule has 202 valence electrons. The van der Waals surface area contributed by atoms with Crippen LogP contribution in [0.5, 0.6) is 0 Å². The number of ketones is 1. The average molecular weight is 527 g/mol. The fourth-order valence-corrected chi connectivity index (χ4v) is 4.88. The molecule has 6 nitrogen and oxygen atoms in total. The number of likely N-dealkylation sites (tertiary alicyclic amines) is 1. The molecule has 8 heteroatoms. The number of nitrogens with one attached hydrogen (secondary N) is 1. The Morgan fingerprint density at radius 2 is 1.72 bits per heavy atom. The van der Waals surface area contributed by atoms with Crippen molar-refractivity contribution in [2.24, 2.45) is 5.92 Å². The molecule has 1 aliphatic rings. The maximum atomic E-state index is 14.6. The summed E-state index contributed by atoms with van der Waals surface area (Å²) in [6.45, 7) is 3.51. The molecule has 0 spiro atoms. The molecule has 2 amide bonds. The molecule has 3 aromatic rings. The summed E-state index contributed by atoms with van der Waals surface area (Å²) in [6, 6.07) is 21.5. The zero-order valence-electron chi connectivity index (χ0n) is 22.4. The van der Waals surface area contributed by atoms with E-state index in [4.69, 9.17) is 12.6 Å². The second-order valence-electron chi connectivity index (χ2n) is 10.1. The molecule has 3 aromatic carbocycles. The van der Waals surface area contributed by atoms with Crippen molar-refractivity contribution in [3.63, 3.8) is 0 Å². The maximum absolute atomic E-state index is 14.6. The molecule has 1 saturated heterocycles. The Bertz CT molecular complexity index is 1230. The number of nitrogens with zero attached hydrogens (tertiary/aromatic N) is 2. The number of methoxy groups -OCH3 is 1. The van der Waals surface area contributed by atoms with E-state index in [9.17, 15) is 14.0 Å². The SMILES string of the molecule is [B]c1ccc(CN(CC2CCN(CC(=O)c3ccccc3)CC2)C(=O)NCc2ccc(COC)cc2)c(F)c1. The lowest BCUT2D eigenvalue weighted by Gasteiger charge is -2.34. The second-order valence-corrected chi connectivity index (χ2v) is 10.1. The zero-order chi connectivity index (χ0) is 27.6. The highest BCUT2D eigenvalue weighted by Gasteiger charge is 2.25. The number of halogens is 1. The number of benzene rings is 3. The fourth-order valence-electron chi connectivity index (χ4n) is 4.88. The van der Waals surface area contributed by atoms with Crippen molar-refractivity contribution in [1.82, 2.24) is 15.1 Å². The normalized spacial score (nSPS) is 14.2. The average Bonchev–Trinajstić information content (AvgIpc) is 2.95. The number of urea groups is 1. The van der Waals surface area contributed by atoms with Crippen molar-refractivity contribution in [2.45, 2.75) is 32.5 Å². The molecule has 0 saturated carbocycles. The Balaban J connectivity index is 1.36. The molecular weight excluding hydrogens is 492 g/mol. The van der Waals surface area contributed by atoms with Crippen LogP contribution in [0.2, 0.25) is 0 Å². The van der Waals surface area contributed by atoms with E-state index in [0.29, 0.717) is 37.3 Å². The van der Waals surface area contributed by atoms with Crippen LogP contribution in [-0.4, -0.2) is 62.7 Å². The number of ether oxygens (including phenoxy) is 1. The van der Waals surface area contributed by atoms with Crippen LogP contribution in [0.3, 0.4) is 0 Å². The van der Waals surface area contributed by atoms with Gasteiger partial charge in [0.25, 0.3) is 0 Å². The highest BCUT2D eigenvalue weighted by Crippen LogP contribution is 2.21. The predicted octanol–water partition coefficient (Wildman–Crippen LogP) is 4.07. The Kier molecular flexibility index (Phi) is 10.3. The van der Waals surface area contributed by atoms with Gasteiger partial charge in [-0.15, -0.1) is 0 Å². The van der Waals surface area contributed by atoms with Crippen molar-refractivity contribution in [2.75, 3.05) is 33.3 Å². The second kappa shape index (κ2) is 14.1. The van der Waals surface area contributed by atoms with Gasteiger partial charge in [-0.3, -0.25) is 9.69 Å². The van der Waals surface area contributed by atoms with Gasteiger partial charge in [-0.2, -0.15) is 0 Å². The van der Waals surface area contributed by atoms with Crippen LogP contribution < -0.4 is 10.8 Å². The molecule has 0 atom stereocenters. The molecule has 1 N–H and O–H groups in total. The number of hydrogen-bond acceptors (Lipinski definition) is 4. The highest BCUT2D eigenvalue weighted by molar-refractivity contribution is 6.32. The Labute approximate surface area is 231 Å². The van der Waals surface area contributed by atoms with E-state index in [1.165, 1.54) is 6.07 Å². The number of hydrogen-bond donors (Lipinski definition) is 1. The molecule has 1 fully saturated rings. The van der Waals surface area contributed by atoms with Crippen LogP contribution in [0, 0.1) is 11.7 Å². The first-order chi connectivity index (χ1) is 18.9. The van der Waals surface area contributed by atoms with Gasteiger partial charge in [0.05, 0.1) is 19.7 Å². The first kappa shape index (κ1) is 28.5. The smallest absolute Gasteiger partial charge is 0.317 e. The quantitative estimate of drug-likeness (QED) is 0.302. The summed E-state index contributed by atoms with van der Waals surface area (Å²) >= 11 is 0. The molecule has 2 radical (unpaired) electrons. The molecule has 1 heterocycles. The zero-order valence-corrected chi connectivity index (χ0v) is 22.4. The van der Waals surface area contributed by atoms with E-state index < -0.39 is 5.82 Å². The minimum absolute atomic E-state index is 0.115. The predicted molar refractivity (Wildman–Crippen MR) is 152 cm³/mol. The van der Waals surface area contributed by atoms with Gasteiger partial charge < -0.3 is 15.0 Å². The Morgan fingerprint density at radius 3 is 2.38 bits per heavy atom. The monoisotopic (exact) mass is 527 g/mol. The molecule has 0 aromatic heterocycles. The maximum Gasteiger partial charge on any atom is 0.317 e. The third kappa shape index (κ3) is 8.50. The summed E-state index contributed by atoms with van der Waals surface area (Å²) in [5.41, 5.74) is 3.53. The number of amides is 2. The van der Waals surface area contributed by atoms with E-state index in [0.717, 1.165) is 42.6 Å². The van der Waals surface area contributed by atoms with Gasteiger partial charge in [0.15, 0.2) is 5.78 Å².